The van der Waals surface area contributed by atoms with E-state index in [0.717, 1.165) is 0 Å². The van der Waals surface area contributed by atoms with Crippen LogP contribution in [0.5, 0.6) is 0 Å². The van der Waals surface area contributed by atoms with Crippen molar-refractivity contribution in [1.82, 2.24) is 0 Å². The number of amides is 1. The van der Waals surface area contributed by atoms with Gasteiger partial charge in [-0.3, -0.25) is 4.79 Å². The summed E-state index contributed by atoms with van der Waals surface area (Å²) in [5.74, 6) is -1.99. The summed E-state index contributed by atoms with van der Waals surface area (Å²) in [6.45, 7) is 1.77. The highest BCUT2D eigenvalue weighted by Crippen LogP contribution is 2.23. The first-order valence-electron chi connectivity index (χ1n) is 4.61. The van der Waals surface area contributed by atoms with Crippen molar-refractivity contribution in [2.24, 2.45) is 0 Å². The molecule has 3 nitrogen and oxygen atoms in total. The Morgan fingerprint density at radius 3 is 2.56 bits per heavy atom. The van der Waals surface area contributed by atoms with Crippen LogP contribution in [-0.4, -0.2) is 12.1 Å². The molecule has 3 N–H and O–H groups in total. The van der Waals surface area contributed by atoms with E-state index in [1.54, 1.807) is 24.4 Å². The fourth-order valence-corrected chi connectivity index (χ4v) is 1.21. The number of benzene rings is 1. The minimum atomic E-state index is -4.89. The van der Waals surface area contributed by atoms with Crippen LogP contribution in [0.1, 0.15) is 12.5 Å². The molecular weight excluding hydrogens is 221 g/mol. The summed E-state index contributed by atoms with van der Waals surface area (Å²) in [6, 6.07) is 4.46. The lowest BCUT2D eigenvalue weighted by Crippen LogP contribution is -2.30. The van der Waals surface area contributed by atoms with E-state index in [1.807, 2.05) is 0 Å². The molecule has 1 amide bonds. The number of anilines is 2. The molecule has 1 rings (SSSR count). The number of nitrogen functional groups attached to an aromatic ring is 1. The molecule has 0 spiro atoms. The highest BCUT2D eigenvalue weighted by molar-refractivity contribution is 5.95. The Morgan fingerprint density at radius 1 is 1.44 bits per heavy atom. The third-order valence-electron chi connectivity index (χ3n) is 2.02. The minimum absolute atomic E-state index is 0.102. The fourth-order valence-electron chi connectivity index (χ4n) is 1.21. The van der Waals surface area contributed by atoms with Crippen molar-refractivity contribution in [1.29, 1.82) is 0 Å². The molecular formula is C10H11F3N2O. The van der Waals surface area contributed by atoms with E-state index in [-0.39, 0.29) is 5.69 Å². The standard InChI is InChI=1S/C10H11F3N2O/c1-2-6-3-4-7(14)5-8(6)15-9(16)10(11,12)13/h3-5H,2,14H2,1H3,(H,15,16). The Balaban J connectivity index is 2.96. The number of rotatable bonds is 2. The first kappa shape index (κ1) is 12.4. The summed E-state index contributed by atoms with van der Waals surface area (Å²) in [5, 5.41) is 1.80. The summed E-state index contributed by atoms with van der Waals surface area (Å²) >= 11 is 0. The summed E-state index contributed by atoms with van der Waals surface area (Å²) in [5.41, 5.74) is 6.44. The summed E-state index contributed by atoms with van der Waals surface area (Å²) in [7, 11) is 0. The van der Waals surface area contributed by atoms with Gasteiger partial charge in [0, 0.05) is 11.4 Å². The second-order valence-electron chi connectivity index (χ2n) is 3.22. The van der Waals surface area contributed by atoms with Gasteiger partial charge in [-0.05, 0) is 24.1 Å². The molecule has 1 aromatic carbocycles. The Hall–Kier alpha value is -1.72. The second kappa shape index (κ2) is 4.42. The molecule has 0 aliphatic carbocycles. The van der Waals surface area contributed by atoms with Crippen LogP contribution in [0.2, 0.25) is 0 Å². The zero-order valence-electron chi connectivity index (χ0n) is 8.56. The normalized spacial score (nSPS) is 11.2. The summed E-state index contributed by atoms with van der Waals surface area (Å²) < 4.78 is 36.1. The van der Waals surface area contributed by atoms with Crippen molar-refractivity contribution in [3.05, 3.63) is 23.8 Å². The Bertz CT molecular complexity index is 402. The van der Waals surface area contributed by atoms with Gasteiger partial charge in [-0.15, -0.1) is 0 Å². The number of alkyl halides is 3. The molecule has 0 bridgehead atoms. The molecule has 0 saturated carbocycles. The van der Waals surface area contributed by atoms with Gasteiger partial charge in [0.2, 0.25) is 0 Å². The molecule has 0 saturated heterocycles. The lowest BCUT2D eigenvalue weighted by atomic mass is 10.1. The van der Waals surface area contributed by atoms with Crippen LogP contribution in [-0.2, 0) is 11.2 Å². The molecule has 88 valence electrons. The third-order valence-corrected chi connectivity index (χ3v) is 2.02. The van der Waals surface area contributed by atoms with E-state index >= 15 is 0 Å². The number of aryl methyl sites for hydroxylation is 1. The predicted octanol–water partition coefficient (Wildman–Crippen LogP) is 2.33. The molecule has 0 heterocycles. The van der Waals surface area contributed by atoms with Gasteiger partial charge >= 0.3 is 12.1 Å². The first-order valence-corrected chi connectivity index (χ1v) is 4.61. The molecule has 0 aliphatic heterocycles. The number of carbonyl (C=O) groups excluding carboxylic acids is 1. The smallest absolute Gasteiger partial charge is 0.399 e. The van der Waals surface area contributed by atoms with E-state index in [4.69, 9.17) is 5.73 Å². The van der Waals surface area contributed by atoms with Crippen LogP contribution in [0, 0.1) is 0 Å². The third kappa shape index (κ3) is 2.88. The molecule has 16 heavy (non-hydrogen) atoms. The van der Waals surface area contributed by atoms with Crippen molar-refractivity contribution in [2.75, 3.05) is 11.1 Å². The summed E-state index contributed by atoms with van der Waals surface area (Å²) in [6.07, 6.45) is -4.39. The zero-order valence-corrected chi connectivity index (χ0v) is 8.56. The predicted molar refractivity (Wildman–Crippen MR) is 54.9 cm³/mol. The van der Waals surface area contributed by atoms with Gasteiger partial charge in [-0.25, -0.2) is 0 Å². The Kier molecular flexibility index (Phi) is 3.41. The highest BCUT2D eigenvalue weighted by atomic mass is 19.4. The van der Waals surface area contributed by atoms with Crippen molar-refractivity contribution in [2.45, 2.75) is 19.5 Å². The molecule has 0 unspecified atom stereocenters. The summed E-state index contributed by atoms with van der Waals surface area (Å²) in [4.78, 5) is 10.7. The van der Waals surface area contributed by atoms with E-state index < -0.39 is 12.1 Å². The number of carbonyl (C=O) groups is 1. The van der Waals surface area contributed by atoms with Gasteiger partial charge in [0.1, 0.15) is 0 Å². The average Bonchev–Trinajstić information content (AvgIpc) is 2.16. The topological polar surface area (TPSA) is 55.1 Å². The van der Waals surface area contributed by atoms with Crippen LogP contribution in [0.3, 0.4) is 0 Å². The van der Waals surface area contributed by atoms with Crippen molar-refractivity contribution in [3.8, 4) is 0 Å². The molecule has 0 radical (unpaired) electrons. The monoisotopic (exact) mass is 232 g/mol. The molecule has 6 heteroatoms. The lowest BCUT2D eigenvalue weighted by molar-refractivity contribution is -0.167. The van der Waals surface area contributed by atoms with E-state index in [2.05, 4.69) is 0 Å². The maximum Gasteiger partial charge on any atom is 0.471 e. The maximum absolute atomic E-state index is 12.0. The van der Waals surface area contributed by atoms with Crippen molar-refractivity contribution < 1.29 is 18.0 Å². The van der Waals surface area contributed by atoms with Gasteiger partial charge in [-0.2, -0.15) is 13.2 Å². The van der Waals surface area contributed by atoms with Gasteiger partial charge < -0.3 is 11.1 Å². The van der Waals surface area contributed by atoms with Crippen LogP contribution in [0.15, 0.2) is 18.2 Å². The van der Waals surface area contributed by atoms with E-state index in [1.165, 1.54) is 6.07 Å². The maximum atomic E-state index is 12.0. The van der Waals surface area contributed by atoms with Gasteiger partial charge in [0.25, 0.3) is 0 Å². The molecule has 0 atom stereocenters. The number of hydrogen-bond donors (Lipinski definition) is 2. The Labute approximate surface area is 90.4 Å². The number of halogens is 3. The molecule has 0 fully saturated rings. The minimum Gasteiger partial charge on any atom is -0.399 e. The largest absolute Gasteiger partial charge is 0.471 e. The highest BCUT2D eigenvalue weighted by Gasteiger charge is 2.38. The fraction of sp³-hybridized carbons (Fsp3) is 0.300. The number of nitrogens with two attached hydrogens (primary N) is 1. The van der Waals surface area contributed by atoms with Crippen LogP contribution < -0.4 is 11.1 Å². The van der Waals surface area contributed by atoms with Crippen LogP contribution >= 0.6 is 0 Å². The van der Waals surface area contributed by atoms with E-state index in [9.17, 15) is 18.0 Å². The number of nitrogens with one attached hydrogen (secondary N) is 1. The zero-order chi connectivity index (χ0) is 12.3. The number of hydrogen-bond acceptors (Lipinski definition) is 2. The average molecular weight is 232 g/mol. The van der Waals surface area contributed by atoms with Crippen LogP contribution in [0.4, 0.5) is 24.5 Å². The molecule has 1 aromatic rings. The molecule has 0 aliphatic rings. The Morgan fingerprint density at radius 2 is 2.06 bits per heavy atom. The second-order valence-corrected chi connectivity index (χ2v) is 3.22. The van der Waals surface area contributed by atoms with Crippen molar-refractivity contribution >= 4 is 17.3 Å². The van der Waals surface area contributed by atoms with Gasteiger partial charge in [-0.1, -0.05) is 13.0 Å². The quantitative estimate of drug-likeness (QED) is 0.769. The van der Waals surface area contributed by atoms with Gasteiger partial charge in [0.15, 0.2) is 0 Å². The van der Waals surface area contributed by atoms with Crippen LogP contribution in [0.25, 0.3) is 0 Å². The van der Waals surface area contributed by atoms with Crippen molar-refractivity contribution in [3.63, 3.8) is 0 Å². The first-order chi connectivity index (χ1) is 7.34. The SMILES string of the molecule is CCc1ccc(N)cc1NC(=O)C(F)(F)F. The van der Waals surface area contributed by atoms with Gasteiger partial charge in [0.05, 0.1) is 0 Å². The lowest BCUT2D eigenvalue weighted by Gasteiger charge is -2.12. The van der Waals surface area contributed by atoms with E-state index in [0.29, 0.717) is 17.7 Å². The molecule has 0 aromatic heterocycles.